The van der Waals surface area contributed by atoms with Crippen molar-refractivity contribution < 1.29 is 191 Å². The Morgan fingerprint density at radius 1 is 0.736 bits per heavy atom. The minimum absolute atomic E-state index is 0. The number of allylic oxidation sites excluding steroid dienone is 4. The zero-order chi connectivity index (χ0) is 62.5. The number of carbonyl (C=O) groups is 2. The number of esters is 2. The Morgan fingerprint density at radius 3 is 2.00 bits per heavy atom. The second-order valence-electron chi connectivity index (χ2n) is 26.1. The third-order valence-corrected chi connectivity index (χ3v) is 21.3. The number of carbonyl (C=O) groups excluding carboxylic acids is 2. The van der Waals surface area contributed by atoms with E-state index in [-0.39, 0.29) is 88.3 Å². The number of methoxy groups -OCH3 is 1. The van der Waals surface area contributed by atoms with Gasteiger partial charge < -0.3 is 97.0 Å². The van der Waals surface area contributed by atoms with E-state index in [0.29, 0.717) is 51.4 Å². The van der Waals surface area contributed by atoms with Gasteiger partial charge in [-0.1, -0.05) is 51.0 Å². The van der Waals surface area contributed by atoms with Gasteiger partial charge in [-0.15, -0.1) is 0 Å². The van der Waals surface area contributed by atoms with Crippen LogP contribution in [0.3, 0.4) is 0 Å². The fourth-order valence-corrected chi connectivity index (χ4v) is 17.2. The Balaban J connectivity index is 0.00000541. The van der Waals surface area contributed by atoms with Gasteiger partial charge in [-0.05, 0) is 102 Å². The summed E-state index contributed by atoms with van der Waals surface area (Å²) in [6.07, 6.45) is -23.8. The zero-order valence-electron chi connectivity index (χ0n) is 51.2. The summed E-state index contributed by atoms with van der Waals surface area (Å²) in [5, 5.41) is 79.0. The Bertz CT molecular complexity index is 2740. The molecule has 32 heteroatoms. The van der Waals surface area contributed by atoms with Gasteiger partial charge in [-0.25, -0.2) is 16.8 Å². The van der Waals surface area contributed by atoms with Gasteiger partial charge in [0.25, 0.3) is 0 Å². The predicted octanol–water partition coefficient (Wildman–Crippen LogP) is -6.23. The quantitative estimate of drug-likeness (QED) is 0.0221. The van der Waals surface area contributed by atoms with Crippen LogP contribution in [-0.2, 0) is 90.9 Å². The number of hydrogen-bond acceptors (Lipinski definition) is 28. The number of rotatable bonds is 18. The van der Waals surface area contributed by atoms with Crippen LogP contribution in [0.2, 0.25) is 0 Å². The normalized spacial score (nSPS) is 46.9. The monoisotopic (exact) mass is 1300 g/mol. The molecule has 9 aliphatic rings. The molecule has 3 saturated carbocycles. The first kappa shape index (κ1) is 73.9. The second-order valence-corrected chi connectivity index (χ2v) is 28.2. The summed E-state index contributed by atoms with van der Waals surface area (Å²) in [4.78, 5) is 27.4. The first-order valence-electron chi connectivity index (χ1n) is 29.0. The molecule has 5 saturated heterocycles. The van der Waals surface area contributed by atoms with Crippen LogP contribution in [-0.4, -0.2) is 229 Å². The summed E-state index contributed by atoms with van der Waals surface area (Å²) in [7, 11) is -9.62. The minimum atomic E-state index is -5.44. The van der Waals surface area contributed by atoms with E-state index < -0.39 is 191 Å². The van der Waals surface area contributed by atoms with Crippen molar-refractivity contribution in [3.05, 3.63) is 23.3 Å². The van der Waals surface area contributed by atoms with Gasteiger partial charge in [-0.3, -0.25) is 18.0 Å². The van der Waals surface area contributed by atoms with Crippen molar-refractivity contribution in [3.8, 4) is 0 Å². The van der Waals surface area contributed by atoms with E-state index in [4.69, 9.17) is 52.1 Å². The largest absolute Gasteiger partial charge is 1.00 e. The van der Waals surface area contributed by atoms with Gasteiger partial charge in [0.15, 0.2) is 25.2 Å². The van der Waals surface area contributed by atoms with Crippen molar-refractivity contribution >= 4 is 32.7 Å². The molecule has 1 spiro atoms. The standard InChI is InChI=1S/C55H86O28S2.2Na/c1-24(2)12-11-17-54(9)45-30(76-26(4)56)20-53(8)28-13-14-33-51(5,6)34(16-18-52(33,7)27(28)15-19-55(45,53)50(64)82-54)78-49-44(36(59)32(22-73-49)83-85(68,69)70)81-47-38(61)37(60)41(25(3)75-47)79-46-39(62)42(29(57)21-72-46)80-48-40(63)43(71-10)35(58)31(77-48)23-74-84(65,66)67;;/h12-13,25,27,29-49,57-63H,11,14-23H2,1-10H3,(H,65,66,67)(H,68,69,70);;/q;2*+1/p-2/t25-,27-,29-,30+,31-,32-,33+,34+,35-,36+,37-,38-,39-,40-,41-,42+,43+,44-,45-,46+,47+,48+,49+,52-,53+,54+,55-;;/m1../s1. The summed E-state index contributed by atoms with van der Waals surface area (Å²) < 4.78 is 144. The van der Waals surface area contributed by atoms with Gasteiger partial charge in [0, 0.05) is 19.4 Å². The predicted molar refractivity (Wildman–Crippen MR) is 282 cm³/mol. The summed E-state index contributed by atoms with van der Waals surface area (Å²) in [6.45, 7) is 15.0. The molecule has 27 atom stereocenters. The van der Waals surface area contributed by atoms with Gasteiger partial charge >= 0.3 is 71.1 Å². The van der Waals surface area contributed by atoms with E-state index in [0.717, 1.165) is 18.3 Å². The molecule has 5 aliphatic heterocycles. The van der Waals surface area contributed by atoms with E-state index in [1.54, 1.807) is 0 Å². The average molecular weight is 1300 g/mol. The molecule has 0 aromatic carbocycles. The molecule has 0 aromatic heterocycles. The van der Waals surface area contributed by atoms with Crippen molar-refractivity contribution in [3.63, 3.8) is 0 Å². The van der Waals surface area contributed by atoms with Crippen LogP contribution in [0.4, 0.5) is 0 Å². The first-order valence-corrected chi connectivity index (χ1v) is 31.6. The molecule has 7 N–H and O–H groups in total. The SMILES string of the molecule is CO[C@@H]1[C@@H](O)[C@H](O[C@@H]2[C@@H](O)[C@H](O[C@H]3[C@H](O)[C@@H](O)[C@H](O[C@H]4[C@H](O[C@H]5CC[C@]6(C)[C@@H]7CC[C@]89C(=O)O[C@@](C)(CCC=C(C)C)[C@H]8[C@@H](OC(C)=O)C[C@@]9(C)C7=CC[C@H]6C5(C)C)OC[C@@H](OS(=O)(=O)[O-])[C@@H]4O)O[C@@H]3C)OC[C@H]2O)O[C@H](COS(=O)(=O)[O-])[C@H]1O.[Na+].[Na+]. The average Bonchev–Trinajstić information content (AvgIpc) is 1.53. The third kappa shape index (κ3) is 14.1. The zero-order valence-corrected chi connectivity index (χ0v) is 56.9. The van der Waals surface area contributed by atoms with Crippen molar-refractivity contribution in [2.24, 2.45) is 39.4 Å². The number of ether oxygens (including phenoxy) is 11. The molecular formula is C55H84Na2O28S2. The molecule has 0 amide bonds. The molecule has 9 rings (SSSR count). The van der Waals surface area contributed by atoms with E-state index >= 15 is 0 Å². The van der Waals surface area contributed by atoms with Crippen molar-refractivity contribution in [2.45, 2.75) is 242 Å². The maximum atomic E-state index is 14.7. The summed E-state index contributed by atoms with van der Waals surface area (Å²) in [5.41, 5.74) is -1.19. The van der Waals surface area contributed by atoms with Crippen molar-refractivity contribution in [2.75, 3.05) is 26.9 Å². The van der Waals surface area contributed by atoms with E-state index in [1.807, 2.05) is 20.8 Å². The molecule has 0 aromatic rings. The van der Waals surface area contributed by atoms with E-state index in [2.05, 4.69) is 48.2 Å². The van der Waals surface area contributed by atoms with Crippen LogP contribution in [0.25, 0.3) is 0 Å². The number of cyclic esters (lactones) is 1. The van der Waals surface area contributed by atoms with Crippen LogP contribution in [0.5, 0.6) is 0 Å². The summed E-state index contributed by atoms with van der Waals surface area (Å²) >= 11 is 0. The van der Waals surface area contributed by atoms with Crippen molar-refractivity contribution in [1.29, 1.82) is 0 Å². The fourth-order valence-electron chi connectivity index (χ4n) is 16.4. The van der Waals surface area contributed by atoms with Crippen LogP contribution >= 0.6 is 0 Å². The fraction of sp³-hybridized carbons (Fsp3) is 0.891. The molecule has 87 heavy (non-hydrogen) atoms. The smallest absolute Gasteiger partial charge is 0.726 e. The Hall–Kier alpha value is -0.480. The van der Waals surface area contributed by atoms with Gasteiger partial charge in [0.1, 0.15) is 91.1 Å². The van der Waals surface area contributed by atoms with Crippen LogP contribution in [0.1, 0.15) is 114 Å². The molecule has 0 radical (unpaired) electrons. The van der Waals surface area contributed by atoms with E-state index in [1.165, 1.54) is 13.8 Å². The molecule has 0 bridgehead atoms. The number of aliphatic hydroxyl groups excluding tert-OH is 7. The molecule has 28 nitrogen and oxygen atoms in total. The Morgan fingerprint density at radius 2 is 1.37 bits per heavy atom. The number of aliphatic hydroxyl groups is 7. The number of hydrogen-bond donors (Lipinski definition) is 7. The van der Waals surface area contributed by atoms with Crippen LogP contribution < -0.4 is 59.1 Å². The molecular weight excluding hydrogens is 1220 g/mol. The summed E-state index contributed by atoms with van der Waals surface area (Å²) in [5.74, 6) is -1.08. The Kier molecular flexibility index (Phi) is 23.5. The Labute approximate surface area is 551 Å². The topological polar surface area (TPSA) is 410 Å². The van der Waals surface area contributed by atoms with Crippen LogP contribution in [0.15, 0.2) is 23.3 Å². The van der Waals surface area contributed by atoms with Gasteiger partial charge in [-0.2, -0.15) is 0 Å². The molecule has 4 aliphatic carbocycles. The molecule has 0 unspecified atom stereocenters. The van der Waals surface area contributed by atoms with Gasteiger partial charge in [0.05, 0.1) is 43.4 Å². The molecule has 486 valence electrons. The maximum Gasteiger partial charge on any atom is 1.00 e. The third-order valence-electron chi connectivity index (χ3n) is 20.4. The molecule has 8 fully saturated rings. The maximum absolute atomic E-state index is 14.7. The van der Waals surface area contributed by atoms with Crippen molar-refractivity contribution in [1.82, 2.24) is 0 Å². The first-order chi connectivity index (χ1) is 39.5. The number of fused-ring (bicyclic) bond motifs is 4. The van der Waals surface area contributed by atoms with Gasteiger partial charge in [0.2, 0.25) is 20.8 Å². The van der Waals surface area contributed by atoms with E-state index in [9.17, 15) is 71.3 Å². The summed E-state index contributed by atoms with van der Waals surface area (Å²) in [6, 6.07) is 0. The van der Waals surface area contributed by atoms with Crippen LogP contribution in [0, 0.1) is 39.4 Å². The molecule has 5 heterocycles. The second kappa shape index (κ2) is 27.7. The minimum Gasteiger partial charge on any atom is -0.726 e.